The van der Waals surface area contributed by atoms with Gasteiger partial charge in [0.15, 0.2) is 0 Å². The van der Waals surface area contributed by atoms with Gasteiger partial charge in [0, 0.05) is 0 Å². The van der Waals surface area contributed by atoms with Crippen molar-refractivity contribution in [1.82, 2.24) is 4.81 Å². The second kappa shape index (κ2) is 6.42. The summed E-state index contributed by atoms with van der Waals surface area (Å²) in [6.07, 6.45) is 14.8. The Morgan fingerprint density at radius 3 is 1.75 bits per heavy atom. The molecule has 1 aliphatic heterocycles. The van der Waals surface area contributed by atoms with E-state index in [4.69, 9.17) is 0 Å². The number of nitrogens with zero attached hydrogens (tertiary/aromatic N) is 1. The van der Waals surface area contributed by atoms with Gasteiger partial charge in [0.05, 0.1) is 0 Å². The standard InChI is InChI=1S/C18H34BN/c1-15-16-13-20(14-17(15)16)19-18(2)11-9-7-5-3-4-6-8-10-12-18/h15-17,19H,3-14H2,1-2H3/t15?,16-,17+. The van der Waals surface area contributed by atoms with Crippen LogP contribution in [0.25, 0.3) is 0 Å². The molecule has 3 aliphatic rings. The molecule has 2 aliphatic carbocycles. The molecule has 3 atom stereocenters. The van der Waals surface area contributed by atoms with Gasteiger partial charge in [0.2, 0.25) is 7.41 Å². The van der Waals surface area contributed by atoms with Crippen molar-refractivity contribution < 1.29 is 0 Å². The largest absolute Gasteiger partial charge is 0.344 e. The quantitative estimate of drug-likeness (QED) is 0.664. The minimum atomic E-state index is 0.615. The Morgan fingerprint density at radius 2 is 1.25 bits per heavy atom. The van der Waals surface area contributed by atoms with Gasteiger partial charge in [-0.05, 0) is 36.2 Å². The van der Waals surface area contributed by atoms with Crippen LogP contribution >= 0.6 is 0 Å². The van der Waals surface area contributed by atoms with Crippen molar-refractivity contribution in [2.75, 3.05) is 13.1 Å². The van der Waals surface area contributed by atoms with Gasteiger partial charge in [-0.2, -0.15) is 0 Å². The van der Waals surface area contributed by atoms with Gasteiger partial charge in [-0.25, -0.2) is 0 Å². The first-order chi connectivity index (χ1) is 9.68. The second-order valence-corrected chi connectivity index (χ2v) is 8.52. The van der Waals surface area contributed by atoms with E-state index in [0.717, 1.165) is 17.8 Å². The van der Waals surface area contributed by atoms with Crippen molar-refractivity contribution in [2.24, 2.45) is 17.8 Å². The van der Waals surface area contributed by atoms with E-state index in [9.17, 15) is 0 Å². The summed E-state index contributed by atoms with van der Waals surface area (Å²) in [6, 6.07) is 0. The van der Waals surface area contributed by atoms with Crippen LogP contribution in [-0.4, -0.2) is 25.3 Å². The summed E-state index contributed by atoms with van der Waals surface area (Å²) in [6.45, 7) is 7.89. The summed E-state index contributed by atoms with van der Waals surface area (Å²) >= 11 is 0. The van der Waals surface area contributed by atoms with Crippen LogP contribution in [0.2, 0.25) is 5.31 Å². The molecule has 2 saturated carbocycles. The highest BCUT2D eigenvalue weighted by Crippen LogP contribution is 2.52. The number of piperidine rings is 1. The van der Waals surface area contributed by atoms with E-state index in [1.807, 2.05) is 0 Å². The number of hydrogen-bond donors (Lipinski definition) is 0. The average Bonchev–Trinajstić information content (AvgIpc) is 2.83. The average molecular weight is 275 g/mol. The number of rotatable bonds is 2. The molecule has 0 bridgehead atoms. The predicted octanol–water partition coefficient (Wildman–Crippen LogP) is 4.63. The minimum absolute atomic E-state index is 0.615. The van der Waals surface area contributed by atoms with E-state index in [-0.39, 0.29) is 0 Å². The fourth-order valence-electron chi connectivity index (χ4n) is 5.03. The lowest BCUT2D eigenvalue weighted by Gasteiger charge is -2.34. The molecule has 0 N–H and O–H groups in total. The van der Waals surface area contributed by atoms with Crippen LogP contribution in [0.4, 0.5) is 0 Å². The molecule has 1 saturated heterocycles. The highest BCUT2D eigenvalue weighted by atomic mass is 15.1. The van der Waals surface area contributed by atoms with Crippen LogP contribution < -0.4 is 0 Å². The first-order valence-corrected chi connectivity index (χ1v) is 9.40. The summed E-state index contributed by atoms with van der Waals surface area (Å²) in [4.78, 5) is 2.81. The normalized spacial score (nSPS) is 38.8. The summed E-state index contributed by atoms with van der Waals surface area (Å²) in [5.41, 5.74) is 0. The van der Waals surface area contributed by atoms with Crippen LogP contribution in [0.5, 0.6) is 0 Å². The monoisotopic (exact) mass is 275 g/mol. The lowest BCUT2D eigenvalue weighted by Crippen LogP contribution is -2.36. The Morgan fingerprint density at radius 1 is 0.800 bits per heavy atom. The predicted molar refractivity (Wildman–Crippen MR) is 89.4 cm³/mol. The first kappa shape index (κ1) is 14.9. The van der Waals surface area contributed by atoms with Crippen molar-refractivity contribution in [3.05, 3.63) is 0 Å². The third kappa shape index (κ3) is 3.61. The zero-order chi connectivity index (χ0) is 14.0. The Kier molecular flexibility index (Phi) is 4.80. The van der Waals surface area contributed by atoms with E-state index in [1.54, 1.807) is 0 Å². The summed E-state index contributed by atoms with van der Waals surface area (Å²) in [5.74, 6) is 3.19. The maximum Gasteiger partial charge on any atom is 0.210 e. The molecule has 1 heterocycles. The van der Waals surface area contributed by atoms with Crippen molar-refractivity contribution >= 4 is 7.41 Å². The molecule has 114 valence electrons. The van der Waals surface area contributed by atoms with Gasteiger partial charge in [0.25, 0.3) is 0 Å². The minimum Gasteiger partial charge on any atom is -0.344 e. The van der Waals surface area contributed by atoms with Gasteiger partial charge in [-0.15, -0.1) is 0 Å². The third-order valence-electron chi connectivity index (χ3n) is 6.61. The molecule has 0 aromatic carbocycles. The topological polar surface area (TPSA) is 3.24 Å². The van der Waals surface area contributed by atoms with Crippen molar-refractivity contribution in [2.45, 2.75) is 83.4 Å². The Balaban J connectivity index is 1.50. The molecular formula is C18H34BN. The van der Waals surface area contributed by atoms with Gasteiger partial charge in [0.1, 0.15) is 0 Å². The van der Waals surface area contributed by atoms with Gasteiger partial charge in [-0.1, -0.05) is 78.1 Å². The van der Waals surface area contributed by atoms with Crippen LogP contribution in [0, 0.1) is 17.8 Å². The molecule has 20 heavy (non-hydrogen) atoms. The SMILES string of the molecule is CC1[C@H]2CN(BC3(C)CCCCCCCCCC3)C[C@@H]12. The van der Waals surface area contributed by atoms with Crippen LogP contribution in [0.3, 0.4) is 0 Å². The van der Waals surface area contributed by atoms with Crippen LogP contribution in [0.1, 0.15) is 78.1 Å². The van der Waals surface area contributed by atoms with Gasteiger partial charge in [-0.3, -0.25) is 0 Å². The Hall–Kier alpha value is 0.0249. The second-order valence-electron chi connectivity index (χ2n) is 8.52. The number of fused-ring (bicyclic) bond motifs is 1. The Bertz CT molecular complexity index is 293. The van der Waals surface area contributed by atoms with E-state index in [1.165, 1.54) is 84.7 Å². The van der Waals surface area contributed by atoms with E-state index in [0.29, 0.717) is 5.31 Å². The van der Waals surface area contributed by atoms with Crippen LogP contribution in [0.15, 0.2) is 0 Å². The molecule has 2 heteroatoms. The summed E-state index contributed by atoms with van der Waals surface area (Å²) in [5, 5.41) is 0.615. The highest BCUT2D eigenvalue weighted by Gasteiger charge is 2.53. The Labute approximate surface area is 127 Å². The number of hydrogen-bond acceptors (Lipinski definition) is 1. The third-order valence-corrected chi connectivity index (χ3v) is 6.61. The molecule has 0 aromatic rings. The molecule has 0 aromatic heterocycles. The summed E-state index contributed by atoms with van der Waals surface area (Å²) in [7, 11) is 1.40. The van der Waals surface area contributed by atoms with Crippen molar-refractivity contribution in [3.63, 3.8) is 0 Å². The fourth-order valence-corrected chi connectivity index (χ4v) is 5.03. The highest BCUT2D eigenvalue weighted by molar-refractivity contribution is 6.36. The zero-order valence-corrected chi connectivity index (χ0v) is 13.9. The fraction of sp³-hybridized carbons (Fsp3) is 1.00. The molecule has 0 radical (unpaired) electrons. The van der Waals surface area contributed by atoms with Crippen molar-refractivity contribution in [1.29, 1.82) is 0 Å². The maximum absolute atomic E-state index is 2.81. The van der Waals surface area contributed by atoms with Crippen molar-refractivity contribution in [3.8, 4) is 0 Å². The smallest absolute Gasteiger partial charge is 0.210 e. The molecule has 3 rings (SSSR count). The first-order valence-electron chi connectivity index (χ1n) is 9.40. The van der Waals surface area contributed by atoms with Gasteiger partial charge < -0.3 is 4.81 Å². The van der Waals surface area contributed by atoms with Crippen LogP contribution in [-0.2, 0) is 0 Å². The lowest BCUT2D eigenvalue weighted by molar-refractivity contribution is 0.394. The van der Waals surface area contributed by atoms with E-state index < -0.39 is 0 Å². The summed E-state index contributed by atoms with van der Waals surface area (Å²) < 4.78 is 0. The zero-order valence-electron chi connectivity index (χ0n) is 13.9. The molecule has 1 unspecified atom stereocenters. The van der Waals surface area contributed by atoms with E-state index in [2.05, 4.69) is 18.7 Å². The van der Waals surface area contributed by atoms with E-state index >= 15 is 0 Å². The maximum atomic E-state index is 2.81. The molecule has 0 amide bonds. The molecular weight excluding hydrogens is 241 g/mol. The molecule has 0 spiro atoms. The van der Waals surface area contributed by atoms with Gasteiger partial charge >= 0.3 is 0 Å². The molecule has 1 nitrogen and oxygen atoms in total. The molecule has 3 fully saturated rings. The lowest BCUT2D eigenvalue weighted by atomic mass is 9.55.